The molecule has 0 aromatic carbocycles. The largest absolute Gasteiger partial charge is 0.357 e. The maximum absolute atomic E-state index is 4.48. The Kier molecular flexibility index (Phi) is 4.32. The van der Waals surface area contributed by atoms with Gasteiger partial charge in [0.25, 0.3) is 0 Å². The highest BCUT2D eigenvalue weighted by Gasteiger charge is 2.20. The lowest BCUT2D eigenvalue weighted by atomic mass is 10.3. The summed E-state index contributed by atoms with van der Waals surface area (Å²) in [5.41, 5.74) is 0. The summed E-state index contributed by atoms with van der Waals surface area (Å²) in [6.07, 6.45) is 5.47. The highest BCUT2D eigenvalue weighted by Crippen LogP contribution is 2.17. The number of nitrogens with one attached hydrogen (secondary N) is 1. The summed E-state index contributed by atoms with van der Waals surface area (Å²) < 4.78 is 1.05. The second kappa shape index (κ2) is 6.37. The fourth-order valence-corrected chi connectivity index (χ4v) is 2.53. The third-order valence-corrected chi connectivity index (χ3v) is 3.91. The molecular weight excluding hydrogens is 381 g/mol. The number of hydrogen-bond acceptors (Lipinski definition) is 7. The lowest BCUT2D eigenvalue weighted by Crippen LogP contribution is -2.47. The van der Waals surface area contributed by atoms with E-state index >= 15 is 0 Å². The topological polar surface area (TPSA) is 70.1 Å². The molecule has 7 nitrogen and oxygen atoms in total. The Bertz CT molecular complexity index is 596. The molecule has 3 heterocycles. The SMILES string of the molecule is CNc1nccc(N2CCN(c3ncc(I)cn3)CC2)n1. The summed E-state index contributed by atoms with van der Waals surface area (Å²) in [5, 5.41) is 2.97. The van der Waals surface area contributed by atoms with Gasteiger partial charge in [-0.25, -0.2) is 15.0 Å². The van der Waals surface area contributed by atoms with Crippen molar-refractivity contribution in [1.82, 2.24) is 19.9 Å². The molecule has 1 aliphatic rings. The molecule has 0 unspecified atom stereocenters. The lowest BCUT2D eigenvalue weighted by Gasteiger charge is -2.35. The minimum absolute atomic E-state index is 0.649. The number of anilines is 3. The summed E-state index contributed by atoms with van der Waals surface area (Å²) in [6.45, 7) is 3.57. The van der Waals surface area contributed by atoms with Crippen LogP contribution in [0.15, 0.2) is 24.7 Å². The van der Waals surface area contributed by atoms with E-state index < -0.39 is 0 Å². The van der Waals surface area contributed by atoms with Gasteiger partial charge in [0.05, 0.1) is 0 Å². The van der Waals surface area contributed by atoms with Gasteiger partial charge in [0.2, 0.25) is 11.9 Å². The van der Waals surface area contributed by atoms with Crippen LogP contribution in [0.5, 0.6) is 0 Å². The molecule has 0 aliphatic carbocycles. The normalized spacial score (nSPS) is 15.1. The van der Waals surface area contributed by atoms with Crippen molar-refractivity contribution in [2.24, 2.45) is 0 Å². The summed E-state index contributed by atoms with van der Waals surface area (Å²) >= 11 is 2.21. The predicted molar refractivity (Wildman–Crippen MR) is 90.8 cm³/mol. The molecule has 21 heavy (non-hydrogen) atoms. The van der Waals surface area contributed by atoms with Crippen molar-refractivity contribution >= 4 is 40.3 Å². The van der Waals surface area contributed by atoms with Crippen molar-refractivity contribution in [3.8, 4) is 0 Å². The maximum atomic E-state index is 4.48. The van der Waals surface area contributed by atoms with Crippen LogP contribution in [0.3, 0.4) is 0 Å². The molecule has 2 aromatic heterocycles. The zero-order valence-corrected chi connectivity index (χ0v) is 13.9. The Morgan fingerprint density at radius 1 is 1.05 bits per heavy atom. The van der Waals surface area contributed by atoms with Gasteiger partial charge >= 0.3 is 0 Å². The molecule has 1 N–H and O–H groups in total. The first-order valence-corrected chi connectivity index (χ1v) is 7.82. The van der Waals surface area contributed by atoms with E-state index in [9.17, 15) is 0 Å². The van der Waals surface area contributed by atoms with Gasteiger partial charge < -0.3 is 15.1 Å². The molecular formula is C13H16IN7. The molecule has 8 heteroatoms. The van der Waals surface area contributed by atoms with E-state index in [1.165, 1.54) is 0 Å². The third-order valence-electron chi connectivity index (χ3n) is 3.36. The molecule has 2 aromatic rings. The van der Waals surface area contributed by atoms with Crippen LogP contribution in [0.2, 0.25) is 0 Å². The molecule has 0 radical (unpaired) electrons. The molecule has 1 aliphatic heterocycles. The second-order valence-corrected chi connectivity index (χ2v) is 5.91. The van der Waals surface area contributed by atoms with E-state index in [4.69, 9.17) is 0 Å². The van der Waals surface area contributed by atoms with Crippen LogP contribution in [0.4, 0.5) is 17.7 Å². The van der Waals surface area contributed by atoms with Crippen molar-refractivity contribution in [3.63, 3.8) is 0 Å². The Labute approximate surface area is 137 Å². The Morgan fingerprint density at radius 2 is 1.71 bits per heavy atom. The number of rotatable bonds is 3. The van der Waals surface area contributed by atoms with Crippen molar-refractivity contribution < 1.29 is 0 Å². The van der Waals surface area contributed by atoms with Crippen LogP contribution in [-0.2, 0) is 0 Å². The molecule has 0 amide bonds. The van der Waals surface area contributed by atoms with Crippen molar-refractivity contribution in [2.75, 3.05) is 48.3 Å². The first kappa shape index (κ1) is 14.2. The predicted octanol–water partition coefficient (Wildman–Crippen LogP) is 1.24. The van der Waals surface area contributed by atoms with Gasteiger partial charge in [0.15, 0.2) is 0 Å². The maximum Gasteiger partial charge on any atom is 0.225 e. The second-order valence-electron chi connectivity index (χ2n) is 4.66. The molecule has 3 rings (SSSR count). The van der Waals surface area contributed by atoms with E-state index in [0.29, 0.717) is 5.95 Å². The van der Waals surface area contributed by atoms with Crippen LogP contribution >= 0.6 is 22.6 Å². The number of nitrogens with zero attached hydrogens (tertiary/aromatic N) is 6. The Morgan fingerprint density at radius 3 is 2.38 bits per heavy atom. The molecule has 0 spiro atoms. The van der Waals surface area contributed by atoms with Crippen molar-refractivity contribution in [3.05, 3.63) is 28.2 Å². The van der Waals surface area contributed by atoms with Crippen LogP contribution in [-0.4, -0.2) is 53.2 Å². The fraction of sp³-hybridized carbons (Fsp3) is 0.385. The van der Waals surface area contributed by atoms with Crippen molar-refractivity contribution in [1.29, 1.82) is 0 Å². The van der Waals surface area contributed by atoms with E-state index in [-0.39, 0.29) is 0 Å². The van der Waals surface area contributed by atoms with Crippen LogP contribution in [0.25, 0.3) is 0 Å². The lowest BCUT2D eigenvalue weighted by molar-refractivity contribution is 0.634. The van der Waals surface area contributed by atoms with Gasteiger partial charge in [-0.15, -0.1) is 0 Å². The first-order chi connectivity index (χ1) is 10.3. The molecule has 1 saturated heterocycles. The van der Waals surface area contributed by atoms with E-state index in [1.807, 2.05) is 25.5 Å². The molecule has 0 bridgehead atoms. The van der Waals surface area contributed by atoms with Gasteiger partial charge in [-0.2, -0.15) is 4.98 Å². The van der Waals surface area contributed by atoms with Crippen LogP contribution in [0, 0.1) is 3.57 Å². The van der Waals surface area contributed by atoms with Crippen LogP contribution in [0.1, 0.15) is 0 Å². The highest BCUT2D eigenvalue weighted by molar-refractivity contribution is 14.1. The number of hydrogen-bond donors (Lipinski definition) is 1. The quantitative estimate of drug-likeness (QED) is 0.782. The Balaban J connectivity index is 1.65. The average Bonchev–Trinajstić information content (AvgIpc) is 2.56. The van der Waals surface area contributed by atoms with E-state index in [0.717, 1.165) is 41.5 Å². The van der Waals surface area contributed by atoms with Gasteiger partial charge in [0.1, 0.15) is 5.82 Å². The molecule has 0 saturated carbocycles. The summed E-state index contributed by atoms with van der Waals surface area (Å²) in [6, 6.07) is 1.94. The minimum Gasteiger partial charge on any atom is -0.357 e. The van der Waals surface area contributed by atoms with Gasteiger partial charge in [-0.3, -0.25) is 0 Å². The molecule has 0 atom stereocenters. The average molecular weight is 397 g/mol. The highest BCUT2D eigenvalue weighted by atomic mass is 127. The summed E-state index contributed by atoms with van der Waals surface area (Å²) in [7, 11) is 1.82. The summed E-state index contributed by atoms with van der Waals surface area (Å²) in [5.74, 6) is 2.40. The number of aromatic nitrogens is 4. The molecule has 110 valence electrons. The zero-order valence-electron chi connectivity index (χ0n) is 11.7. The smallest absolute Gasteiger partial charge is 0.225 e. The zero-order chi connectivity index (χ0) is 14.7. The van der Waals surface area contributed by atoms with E-state index in [2.05, 4.69) is 57.6 Å². The van der Waals surface area contributed by atoms with Crippen LogP contribution < -0.4 is 15.1 Å². The third kappa shape index (κ3) is 3.31. The first-order valence-electron chi connectivity index (χ1n) is 6.74. The van der Waals surface area contributed by atoms with Gasteiger partial charge in [-0.1, -0.05) is 0 Å². The van der Waals surface area contributed by atoms with Crippen molar-refractivity contribution in [2.45, 2.75) is 0 Å². The summed E-state index contributed by atoms with van der Waals surface area (Å²) in [4.78, 5) is 21.8. The standard InChI is InChI=1S/C13H16IN7/c1-15-12-16-3-2-11(19-12)20-4-6-21(7-5-20)13-17-8-10(14)9-18-13/h2-3,8-9H,4-7H2,1H3,(H,15,16,19). The molecule has 1 fully saturated rings. The number of halogens is 1. The Hall–Kier alpha value is -1.71. The number of piperazine rings is 1. The van der Waals surface area contributed by atoms with Gasteiger partial charge in [-0.05, 0) is 28.7 Å². The van der Waals surface area contributed by atoms with E-state index in [1.54, 1.807) is 6.20 Å². The minimum atomic E-state index is 0.649. The monoisotopic (exact) mass is 397 g/mol. The fourth-order valence-electron chi connectivity index (χ4n) is 2.25. The van der Waals surface area contributed by atoms with Gasteiger partial charge in [0, 0.05) is 55.4 Å².